The third-order valence-corrected chi connectivity index (χ3v) is 5.20. The van der Waals surface area contributed by atoms with Crippen LogP contribution in [0.4, 0.5) is 0 Å². The highest BCUT2D eigenvalue weighted by atomic mass is 16.3. The topological polar surface area (TPSA) is 87.8 Å². The predicted octanol–water partition coefficient (Wildman–Crippen LogP) is 2.46. The Bertz CT molecular complexity index is 894. The second kappa shape index (κ2) is 3.67. The maximum atomic E-state index is 9.96. The van der Waals surface area contributed by atoms with Crippen LogP contribution in [0, 0.1) is 0 Å². The number of nitrogens with one attached hydrogen (secondary N) is 1. The Balaban J connectivity index is 1.59. The third kappa shape index (κ3) is 1.46. The zero-order valence-electron chi connectivity index (χ0n) is 12.0. The number of rotatable bonds is 2. The van der Waals surface area contributed by atoms with E-state index >= 15 is 0 Å². The molecule has 0 atom stereocenters. The van der Waals surface area contributed by atoms with E-state index < -0.39 is 0 Å². The number of hydrogen-bond donors (Lipinski definition) is 3. The Kier molecular flexibility index (Phi) is 2.03. The number of nitrogens with zero attached hydrogens (tertiary/aromatic N) is 2. The Labute approximate surface area is 127 Å². The van der Waals surface area contributed by atoms with Gasteiger partial charge in [-0.15, -0.1) is 10.2 Å². The van der Waals surface area contributed by atoms with E-state index in [2.05, 4.69) is 21.2 Å². The molecule has 2 heterocycles. The van der Waals surface area contributed by atoms with Crippen molar-refractivity contribution in [2.75, 3.05) is 0 Å². The van der Waals surface area contributed by atoms with E-state index in [1.165, 1.54) is 5.69 Å². The van der Waals surface area contributed by atoms with Crippen molar-refractivity contribution in [3.8, 4) is 17.0 Å². The summed E-state index contributed by atoms with van der Waals surface area (Å²) in [5, 5.41) is 19.5. The number of aromatic hydroxyl groups is 1. The molecule has 6 rings (SSSR count). The number of H-pyrrole nitrogens is 1. The predicted molar refractivity (Wildman–Crippen MR) is 83.4 cm³/mol. The first-order valence-corrected chi connectivity index (χ1v) is 7.51. The van der Waals surface area contributed by atoms with Gasteiger partial charge < -0.3 is 15.8 Å². The summed E-state index contributed by atoms with van der Waals surface area (Å²) in [7, 11) is 0. The lowest BCUT2D eigenvalue weighted by Gasteiger charge is -2.68. The average molecular weight is 292 g/mol. The molecule has 3 saturated carbocycles. The summed E-state index contributed by atoms with van der Waals surface area (Å²) < 4.78 is 0. The summed E-state index contributed by atoms with van der Waals surface area (Å²) in [6, 6.07) is 11.3. The summed E-state index contributed by atoms with van der Waals surface area (Å²) in [6.45, 7) is 0. The smallest absolute Gasteiger partial charge is 0.160 e. The number of benzene rings is 1. The zero-order valence-corrected chi connectivity index (χ0v) is 12.0. The monoisotopic (exact) mass is 292 g/mol. The second-order valence-corrected chi connectivity index (χ2v) is 6.91. The number of phenolic OH excluding ortho intramolecular Hbond substituents is 1. The summed E-state index contributed by atoms with van der Waals surface area (Å²) in [5.74, 6) is 0.219. The quantitative estimate of drug-likeness (QED) is 0.677. The van der Waals surface area contributed by atoms with Crippen LogP contribution in [0.15, 0.2) is 36.4 Å². The molecular weight excluding hydrogens is 276 g/mol. The van der Waals surface area contributed by atoms with Crippen molar-refractivity contribution in [2.45, 2.75) is 30.2 Å². The van der Waals surface area contributed by atoms with Crippen molar-refractivity contribution in [3.63, 3.8) is 0 Å². The molecule has 5 heteroatoms. The number of hydrogen-bond acceptors (Lipinski definition) is 4. The van der Waals surface area contributed by atoms with Gasteiger partial charge in [-0.25, -0.2) is 0 Å². The van der Waals surface area contributed by atoms with Gasteiger partial charge in [0.25, 0.3) is 0 Å². The van der Waals surface area contributed by atoms with Crippen LogP contribution in [0.2, 0.25) is 0 Å². The average Bonchev–Trinajstić information content (AvgIpc) is 2.86. The molecule has 0 saturated heterocycles. The molecule has 0 aliphatic heterocycles. The molecule has 3 aliphatic carbocycles. The minimum Gasteiger partial charge on any atom is -0.507 e. The number of nitrogens with two attached hydrogens (primary N) is 1. The van der Waals surface area contributed by atoms with Gasteiger partial charge >= 0.3 is 0 Å². The lowest BCUT2D eigenvalue weighted by molar-refractivity contribution is -0.0615. The summed E-state index contributed by atoms with van der Waals surface area (Å²) in [5.41, 5.74) is 9.88. The normalized spacial score (nSPS) is 29.1. The highest BCUT2D eigenvalue weighted by molar-refractivity contribution is 5.82. The summed E-state index contributed by atoms with van der Waals surface area (Å²) in [6.07, 6.45) is 3.19. The first kappa shape index (κ1) is 12.2. The van der Waals surface area contributed by atoms with Gasteiger partial charge in [0.05, 0.1) is 5.69 Å². The molecule has 110 valence electrons. The molecule has 1 aromatic carbocycles. The fourth-order valence-electron chi connectivity index (χ4n) is 4.19. The molecule has 5 nitrogen and oxygen atoms in total. The van der Waals surface area contributed by atoms with Crippen molar-refractivity contribution in [1.29, 1.82) is 0 Å². The van der Waals surface area contributed by atoms with Crippen LogP contribution >= 0.6 is 0 Å². The molecule has 3 aromatic rings. The highest BCUT2D eigenvalue weighted by Gasteiger charge is 2.67. The maximum Gasteiger partial charge on any atom is 0.160 e. The van der Waals surface area contributed by atoms with Crippen molar-refractivity contribution in [1.82, 2.24) is 15.2 Å². The standard InChI is InChI=1S/C17H16N4O/c18-17-7-16(8-17,9-17)14-6-10-5-12(20-21-15(10)19-14)11-3-1-2-4-13(11)22/h1-6,22H,7-9,18H2,(H,19,21). The van der Waals surface area contributed by atoms with Gasteiger partial charge in [-0.1, -0.05) is 12.1 Å². The number of phenols is 1. The number of aromatic amines is 1. The molecule has 0 radical (unpaired) electrons. The van der Waals surface area contributed by atoms with E-state index in [4.69, 9.17) is 5.73 Å². The van der Waals surface area contributed by atoms with Crippen LogP contribution in [-0.2, 0) is 5.41 Å². The Morgan fingerprint density at radius 2 is 1.86 bits per heavy atom. The Morgan fingerprint density at radius 3 is 2.59 bits per heavy atom. The van der Waals surface area contributed by atoms with E-state index in [9.17, 15) is 5.11 Å². The van der Waals surface area contributed by atoms with Crippen LogP contribution in [0.5, 0.6) is 5.75 Å². The molecule has 3 fully saturated rings. The van der Waals surface area contributed by atoms with Crippen LogP contribution in [0.25, 0.3) is 22.3 Å². The molecule has 0 unspecified atom stereocenters. The van der Waals surface area contributed by atoms with Crippen LogP contribution < -0.4 is 5.73 Å². The minimum atomic E-state index is 0.0873. The van der Waals surface area contributed by atoms with Crippen molar-refractivity contribution < 1.29 is 5.11 Å². The number of aromatic nitrogens is 3. The fourth-order valence-corrected chi connectivity index (χ4v) is 4.19. The molecule has 2 bridgehead atoms. The fraction of sp³-hybridized carbons (Fsp3) is 0.294. The van der Waals surface area contributed by atoms with Crippen LogP contribution in [-0.4, -0.2) is 25.8 Å². The van der Waals surface area contributed by atoms with Gasteiger partial charge in [-0.3, -0.25) is 0 Å². The number of para-hydroxylation sites is 1. The van der Waals surface area contributed by atoms with E-state index in [1.54, 1.807) is 12.1 Å². The van der Waals surface area contributed by atoms with Gasteiger partial charge in [0.1, 0.15) is 5.75 Å². The lowest BCUT2D eigenvalue weighted by atomic mass is 9.39. The first-order valence-electron chi connectivity index (χ1n) is 7.51. The first-order chi connectivity index (χ1) is 10.6. The largest absolute Gasteiger partial charge is 0.507 e. The second-order valence-electron chi connectivity index (χ2n) is 6.91. The van der Waals surface area contributed by atoms with Crippen LogP contribution in [0.1, 0.15) is 25.0 Å². The maximum absolute atomic E-state index is 9.96. The third-order valence-electron chi connectivity index (χ3n) is 5.20. The summed E-state index contributed by atoms with van der Waals surface area (Å²) in [4.78, 5) is 3.39. The SMILES string of the molecule is NC12CC(c3cc4cc(-c5ccccc5O)nnc4[nH]3)(C1)C2. The molecule has 0 amide bonds. The van der Waals surface area contributed by atoms with Crippen molar-refractivity contribution in [2.24, 2.45) is 5.73 Å². The lowest BCUT2D eigenvalue weighted by Crippen LogP contribution is -2.74. The summed E-state index contributed by atoms with van der Waals surface area (Å²) >= 11 is 0. The molecule has 4 N–H and O–H groups in total. The van der Waals surface area contributed by atoms with Crippen molar-refractivity contribution >= 4 is 11.0 Å². The van der Waals surface area contributed by atoms with Gasteiger partial charge in [0.2, 0.25) is 0 Å². The molecule has 22 heavy (non-hydrogen) atoms. The number of fused-ring (bicyclic) bond motifs is 1. The molecule has 3 aliphatic rings. The minimum absolute atomic E-state index is 0.0873. The van der Waals surface area contributed by atoms with Crippen molar-refractivity contribution in [3.05, 3.63) is 42.1 Å². The van der Waals surface area contributed by atoms with E-state index in [0.717, 1.165) is 30.3 Å². The Hall–Kier alpha value is -2.40. The van der Waals surface area contributed by atoms with Gasteiger partial charge in [-0.05, 0) is 43.5 Å². The zero-order chi connectivity index (χ0) is 14.9. The van der Waals surface area contributed by atoms with Gasteiger partial charge in [0.15, 0.2) is 5.65 Å². The highest BCUT2D eigenvalue weighted by Crippen LogP contribution is 2.66. The molecule has 0 spiro atoms. The van der Waals surface area contributed by atoms with Crippen LogP contribution in [0.3, 0.4) is 0 Å². The van der Waals surface area contributed by atoms with E-state index in [1.807, 2.05) is 18.2 Å². The molecule has 2 aromatic heterocycles. The van der Waals surface area contributed by atoms with Gasteiger partial charge in [-0.2, -0.15) is 0 Å². The Morgan fingerprint density at radius 1 is 1.09 bits per heavy atom. The molecular formula is C17H16N4O. The van der Waals surface area contributed by atoms with E-state index in [-0.39, 0.29) is 16.7 Å². The van der Waals surface area contributed by atoms with E-state index in [0.29, 0.717) is 11.3 Å². The van der Waals surface area contributed by atoms with Gasteiger partial charge in [0, 0.05) is 27.6 Å².